The summed E-state index contributed by atoms with van der Waals surface area (Å²) in [4.78, 5) is 7.61. The highest BCUT2D eigenvalue weighted by Gasteiger charge is 2.29. The number of aromatic amines is 1. The van der Waals surface area contributed by atoms with E-state index >= 15 is 0 Å². The van der Waals surface area contributed by atoms with E-state index < -0.39 is 21.9 Å². The third kappa shape index (κ3) is 4.98. The van der Waals surface area contributed by atoms with Crippen LogP contribution in [0.1, 0.15) is 17.0 Å². The van der Waals surface area contributed by atoms with E-state index in [1.807, 2.05) is 6.07 Å². The van der Waals surface area contributed by atoms with Gasteiger partial charge in [-0.1, -0.05) is 42.5 Å². The Bertz CT molecular complexity index is 1410. The maximum atomic E-state index is 12.7. The minimum absolute atomic E-state index is 0.340. The number of aromatic nitrogens is 2. The van der Waals surface area contributed by atoms with Crippen molar-refractivity contribution in [3.8, 4) is 11.1 Å². The number of halogens is 3. The van der Waals surface area contributed by atoms with Crippen molar-refractivity contribution in [3.63, 3.8) is 0 Å². The number of para-hydroxylation sites is 1. The Hall–Kier alpha value is -3.63. The van der Waals surface area contributed by atoms with Crippen molar-refractivity contribution in [2.24, 2.45) is 5.14 Å². The summed E-state index contributed by atoms with van der Waals surface area (Å²) in [5, 5.41) is 5.10. The predicted octanol–water partition coefficient (Wildman–Crippen LogP) is 5.03. The van der Waals surface area contributed by atoms with Crippen molar-refractivity contribution in [2.75, 3.05) is 4.72 Å². The van der Waals surface area contributed by atoms with E-state index in [2.05, 4.69) is 14.7 Å². The molecule has 4 aromatic rings. The molecule has 0 unspecified atom stereocenters. The largest absolute Gasteiger partial charge is 0.416 e. The number of hydrogen-bond acceptors (Lipinski definition) is 3. The summed E-state index contributed by atoms with van der Waals surface area (Å²) in [6, 6.07) is 17.1. The molecule has 0 atom stereocenters. The second-order valence-corrected chi connectivity index (χ2v) is 8.29. The van der Waals surface area contributed by atoms with Crippen molar-refractivity contribution in [2.45, 2.75) is 6.18 Å². The first-order chi connectivity index (χ1) is 15.1. The smallest absolute Gasteiger partial charge is 0.338 e. The molecule has 0 saturated carbocycles. The van der Waals surface area contributed by atoms with Gasteiger partial charge in [-0.15, -0.1) is 0 Å². The molecule has 0 spiro atoms. The molecule has 0 aliphatic rings. The monoisotopic (exact) mass is 458 g/mol. The molecule has 0 aliphatic heterocycles. The normalized spacial score (nSPS) is 12.5. The fourth-order valence-corrected chi connectivity index (χ4v) is 3.69. The number of alkyl halides is 3. The van der Waals surface area contributed by atoms with E-state index in [-0.39, 0.29) is 0 Å². The molecule has 6 nitrogen and oxygen atoms in total. The molecule has 164 valence electrons. The number of imidazole rings is 1. The maximum absolute atomic E-state index is 12.7. The van der Waals surface area contributed by atoms with Crippen LogP contribution in [0.2, 0.25) is 0 Å². The topological polar surface area (TPSA) is 101 Å². The standard InChI is InChI=1S/C22H17F3N4O2S/c23-22(24,25)16-9-5-14(6-10-16)7-12-21-27-19-11-8-15(13-20(19)28-21)17-3-1-2-4-18(17)29-32(26,30)31/h1-13,29H,(H,27,28)(H2,26,30,31). The van der Waals surface area contributed by atoms with Crippen LogP contribution in [-0.2, 0) is 16.4 Å². The molecule has 4 rings (SSSR count). The quantitative estimate of drug-likeness (QED) is 0.391. The zero-order chi connectivity index (χ0) is 22.9. The molecule has 3 aromatic carbocycles. The van der Waals surface area contributed by atoms with Crippen LogP contribution in [0, 0.1) is 0 Å². The number of nitrogens with two attached hydrogens (primary N) is 1. The van der Waals surface area contributed by atoms with Gasteiger partial charge in [0.1, 0.15) is 5.82 Å². The van der Waals surface area contributed by atoms with E-state index in [1.54, 1.807) is 48.6 Å². The SMILES string of the molecule is NS(=O)(=O)Nc1ccccc1-c1ccc2[nH]c(C=Cc3ccc(C(F)(F)F)cc3)nc2c1. The molecule has 1 aromatic heterocycles. The van der Waals surface area contributed by atoms with Crippen LogP contribution < -0.4 is 9.86 Å². The molecule has 10 heteroatoms. The van der Waals surface area contributed by atoms with Crippen LogP contribution in [-0.4, -0.2) is 18.4 Å². The zero-order valence-corrected chi connectivity index (χ0v) is 17.2. The molecular formula is C22H17F3N4O2S. The summed E-state index contributed by atoms with van der Waals surface area (Å²) in [6.45, 7) is 0. The molecule has 0 radical (unpaired) electrons. The second kappa shape index (κ2) is 8.13. The van der Waals surface area contributed by atoms with Gasteiger partial charge in [0.25, 0.3) is 10.2 Å². The number of nitrogens with zero attached hydrogens (tertiary/aromatic N) is 1. The Labute approximate surface area is 181 Å². The minimum Gasteiger partial charge on any atom is -0.338 e. The first-order valence-electron chi connectivity index (χ1n) is 9.33. The van der Waals surface area contributed by atoms with E-state index in [0.717, 1.165) is 23.2 Å². The summed E-state index contributed by atoms with van der Waals surface area (Å²) >= 11 is 0. The number of rotatable bonds is 5. The van der Waals surface area contributed by atoms with E-state index in [1.165, 1.54) is 12.1 Å². The zero-order valence-electron chi connectivity index (χ0n) is 16.4. The number of nitrogens with one attached hydrogen (secondary N) is 2. The fourth-order valence-electron chi connectivity index (χ4n) is 3.21. The summed E-state index contributed by atoms with van der Waals surface area (Å²) in [5.41, 5.74) is 2.98. The summed E-state index contributed by atoms with van der Waals surface area (Å²) in [6.07, 6.45) is -1.05. The van der Waals surface area contributed by atoms with Crippen molar-refractivity contribution >= 4 is 39.1 Å². The van der Waals surface area contributed by atoms with Crippen molar-refractivity contribution in [1.82, 2.24) is 9.97 Å². The Balaban J connectivity index is 1.61. The van der Waals surface area contributed by atoms with Crippen molar-refractivity contribution < 1.29 is 21.6 Å². The molecule has 0 saturated heterocycles. The lowest BCUT2D eigenvalue weighted by atomic mass is 10.0. The molecular weight excluding hydrogens is 441 g/mol. The van der Waals surface area contributed by atoms with Gasteiger partial charge >= 0.3 is 6.18 Å². The molecule has 0 amide bonds. The lowest BCUT2D eigenvalue weighted by molar-refractivity contribution is -0.137. The molecule has 0 bridgehead atoms. The first kappa shape index (κ1) is 21.6. The number of anilines is 1. The van der Waals surface area contributed by atoms with Gasteiger partial charge < -0.3 is 4.98 Å². The number of H-pyrrole nitrogens is 1. The van der Waals surface area contributed by atoms with Gasteiger partial charge in [-0.05, 0) is 47.5 Å². The van der Waals surface area contributed by atoms with Crippen LogP contribution in [0.15, 0.2) is 66.7 Å². The van der Waals surface area contributed by atoms with Crippen LogP contribution in [0.4, 0.5) is 18.9 Å². The average Bonchev–Trinajstić information content (AvgIpc) is 3.13. The van der Waals surface area contributed by atoms with E-state index in [4.69, 9.17) is 5.14 Å². The van der Waals surface area contributed by atoms with Crippen molar-refractivity contribution in [3.05, 3.63) is 83.7 Å². The fraction of sp³-hybridized carbons (Fsp3) is 0.0455. The Morgan fingerprint density at radius 1 is 0.969 bits per heavy atom. The first-order valence-corrected chi connectivity index (χ1v) is 10.9. The molecule has 0 fully saturated rings. The van der Waals surface area contributed by atoms with Crippen LogP contribution in [0.3, 0.4) is 0 Å². The molecule has 1 heterocycles. The number of benzene rings is 3. The second-order valence-electron chi connectivity index (χ2n) is 7.00. The van der Waals surface area contributed by atoms with Crippen LogP contribution >= 0.6 is 0 Å². The summed E-state index contributed by atoms with van der Waals surface area (Å²) in [7, 11) is -3.93. The minimum atomic E-state index is -4.37. The van der Waals surface area contributed by atoms with Gasteiger partial charge in [-0.3, -0.25) is 4.72 Å². The Morgan fingerprint density at radius 2 is 1.69 bits per heavy atom. The van der Waals surface area contributed by atoms with Gasteiger partial charge in [0, 0.05) is 5.56 Å². The highest BCUT2D eigenvalue weighted by atomic mass is 32.2. The summed E-state index contributed by atoms with van der Waals surface area (Å²) in [5.74, 6) is 0.521. The lowest BCUT2D eigenvalue weighted by Gasteiger charge is -2.10. The van der Waals surface area contributed by atoms with Gasteiger partial charge in [-0.25, -0.2) is 10.1 Å². The van der Waals surface area contributed by atoms with Crippen LogP contribution in [0.25, 0.3) is 34.3 Å². The van der Waals surface area contributed by atoms with E-state index in [0.29, 0.717) is 28.2 Å². The third-order valence-corrected chi connectivity index (χ3v) is 5.17. The van der Waals surface area contributed by atoms with E-state index in [9.17, 15) is 21.6 Å². The lowest BCUT2D eigenvalue weighted by Crippen LogP contribution is -2.22. The predicted molar refractivity (Wildman–Crippen MR) is 119 cm³/mol. The third-order valence-electron chi connectivity index (χ3n) is 4.66. The average molecular weight is 458 g/mol. The highest BCUT2D eigenvalue weighted by Crippen LogP contribution is 2.31. The van der Waals surface area contributed by atoms with Crippen molar-refractivity contribution in [1.29, 1.82) is 0 Å². The van der Waals surface area contributed by atoms with Gasteiger partial charge in [-0.2, -0.15) is 21.6 Å². The molecule has 0 aliphatic carbocycles. The Morgan fingerprint density at radius 3 is 2.38 bits per heavy atom. The van der Waals surface area contributed by atoms with Crippen LogP contribution in [0.5, 0.6) is 0 Å². The Kier molecular flexibility index (Phi) is 5.49. The molecule has 32 heavy (non-hydrogen) atoms. The highest BCUT2D eigenvalue weighted by molar-refractivity contribution is 7.90. The number of hydrogen-bond donors (Lipinski definition) is 3. The maximum Gasteiger partial charge on any atom is 0.416 e. The van der Waals surface area contributed by atoms with Gasteiger partial charge in [0.05, 0.1) is 22.3 Å². The number of fused-ring (bicyclic) bond motifs is 1. The van der Waals surface area contributed by atoms with Gasteiger partial charge in [0.15, 0.2) is 0 Å². The van der Waals surface area contributed by atoms with Gasteiger partial charge in [0.2, 0.25) is 0 Å². The molecule has 4 N–H and O–H groups in total. The summed E-state index contributed by atoms with van der Waals surface area (Å²) < 4.78 is 63.2.